The smallest absolute Gasteiger partial charge is 0.185 e. The number of nitrogens with two attached hydrogens (primary N) is 1. The molecule has 1 atom stereocenters. The molecule has 1 unspecified atom stereocenters. The maximum Gasteiger partial charge on any atom is 0.185 e. The molecule has 3 rings (SSSR count). The molecular weight excluding hydrogens is 308 g/mol. The summed E-state index contributed by atoms with van der Waals surface area (Å²) in [6.07, 6.45) is 3.03. The molecule has 0 amide bonds. The number of anilines is 2. The molecular formula is C13H22N4O2S2. The van der Waals surface area contributed by atoms with Gasteiger partial charge >= 0.3 is 0 Å². The number of aromatic nitrogens is 1. The molecule has 2 saturated heterocycles. The number of piperazine rings is 1. The fourth-order valence-corrected chi connectivity index (χ4v) is 6.12. The number of fused-ring (bicyclic) bond motifs is 1. The minimum Gasteiger partial charge on any atom is -0.382 e. The molecule has 0 aliphatic carbocycles. The number of hydrogen-bond donors (Lipinski definition) is 1. The summed E-state index contributed by atoms with van der Waals surface area (Å²) >= 11 is 1.22. The van der Waals surface area contributed by atoms with Crippen molar-refractivity contribution in [1.29, 1.82) is 0 Å². The highest BCUT2D eigenvalue weighted by Crippen LogP contribution is 2.37. The fourth-order valence-electron chi connectivity index (χ4n) is 3.32. The lowest BCUT2D eigenvalue weighted by molar-refractivity contribution is 0.231. The molecule has 1 aromatic heterocycles. The van der Waals surface area contributed by atoms with Crippen LogP contribution in [0.5, 0.6) is 0 Å². The van der Waals surface area contributed by atoms with Gasteiger partial charge in [0.1, 0.15) is 9.90 Å². The minimum atomic E-state index is -3.33. The molecule has 2 fully saturated rings. The van der Waals surface area contributed by atoms with E-state index in [0.717, 1.165) is 24.6 Å². The Morgan fingerprint density at radius 1 is 1.38 bits per heavy atom. The van der Waals surface area contributed by atoms with E-state index in [2.05, 4.69) is 14.2 Å². The van der Waals surface area contributed by atoms with Crippen LogP contribution in [-0.4, -0.2) is 55.7 Å². The maximum atomic E-state index is 12.5. The zero-order valence-corrected chi connectivity index (χ0v) is 13.9. The third-order valence-corrected chi connectivity index (χ3v) is 7.34. The second-order valence-electron chi connectivity index (χ2n) is 5.80. The molecule has 0 spiro atoms. The Kier molecular flexibility index (Phi) is 4.11. The Labute approximate surface area is 130 Å². The monoisotopic (exact) mass is 330 g/mol. The van der Waals surface area contributed by atoms with E-state index < -0.39 is 9.84 Å². The van der Waals surface area contributed by atoms with Crippen molar-refractivity contribution >= 4 is 32.2 Å². The normalized spacial score (nSPS) is 23.5. The van der Waals surface area contributed by atoms with E-state index in [1.165, 1.54) is 30.9 Å². The largest absolute Gasteiger partial charge is 0.382 e. The van der Waals surface area contributed by atoms with Crippen molar-refractivity contribution in [2.75, 3.05) is 42.6 Å². The van der Waals surface area contributed by atoms with Gasteiger partial charge in [0.15, 0.2) is 15.7 Å². The van der Waals surface area contributed by atoms with Gasteiger partial charge < -0.3 is 10.6 Å². The first-order chi connectivity index (χ1) is 10.0. The van der Waals surface area contributed by atoms with E-state index >= 15 is 0 Å². The molecule has 2 N–H and O–H groups in total. The fraction of sp³-hybridized carbons (Fsp3) is 0.769. The topological polar surface area (TPSA) is 79.5 Å². The molecule has 1 aromatic rings. The Hall–Kier alpha value is -0.860. The summed E-state index contributed by atoms with van der Waals surface area (Å²) in [5.41, 5.74) is 5.85. The second kappa shape index (κ2) is 5.73. The van der Waals surface area contributed by atoms with Crippen LogP contribution in [0.25, 0.3) is 0 Å². The average molecular weight is 330 g/mol. The van der Waals surface area contributed by atoms with Crippen LogP contribution in [0.2, 0.25) is 0 Å². The summed E-state index contributed by atoms with van der Waals surface area (Å²) in [7, 11) is -3.33. The summed E-state index contributed by atoms with van der Waals surface area (Å²) < 4.78 is 29.0. The Bertz CT molecular complexity index is 614. The average Bonchev–Trinajstić information content (AvgIpc) is 3.03. The van der Waals surface area contributed by atoms with Crippen LogP contribution in [0.15, 0.2) is 4.90 Å². The standard InChI is InChI=1S/C13H22N4O2S2/c1-2-8-21(18,19)11-12(14)15-20-13(11)17-7-6-16-5-3-4-10(16)9-17/h10H,2-9H2,1H3,(H2,14,15). The SMILES string of the molecule is CCCS(=O)(=O)c1c(N)nsc1N1CCN2CCCC2C1. The molecule has 0 saturated carbocycles. The highest BCUT2D eigenvalue weighted by molar-refractivity contribution is 7.91. The highest BCUT2D eigenvalue weighted by Gasteiger charge is 2.34. The van der Waals surface area contributed by atoms with Crippen molar-refractivity contribution in [3.05, 3.63) is 0 Å². The summed E-state index contributed by atoms with van der Waals surface area (Å²) in [6, 6.07) is 0.545. The van der Waals surface area contributed by atoms with E-state index in [0.29, 0.717) is 12.5 Å². The van der Waals surface area contributed by atoms with Gasteiger partial charge in [-0.15, -0.1) is 0 Å². The van der Waals surface area contributed by atoms with Crippen molar-refractivity contribution in [2.24, 2.45) is 0 Å². The van der Waals surface area contributed by atoms with Gasteiger partial charge in [-0.3, -0.25) is 4.90 Å². The molecule has 6 nitrogen and oxygen atoms in total. The molecule has 21 heavy (non-hydrogen) atoms. The van der Waals surface area contributed by atoms with Crippen LogP contribution >= 0.6 is 11.5 Å². The van der Waals surface area contributed by atoms with Crippen molar-refractivity contribution < 1.29 is 8.42 Å². The van der Waals surface area contributed by atoms with Crippen LogP contribution in [-0.2, 0) is 9.84 Å². The van der Waals surface area contributed by atoms with E-state index in [4.69, 9.17) is 5.73 Å². The van der Waals surface area contributed by atoms with Gasteiger partial charge in [-0.25, -0.2) is 8.42 Å². The Morgan fingerprint density at radius 3 is 2.95 bits per heavy atom. The third kappa shape index (κ3) is 2.76. The van der Waals surface area contributed by atoms with Crippen molar-refractivity contribution in [3.63, 3.8) is 0 Å². The lowest BCUT2D eigenvalue weighted by Gasteiger charge is -2.38. The Morgan fingerprint density at radius 2 is 2.19 bits per heavy atom. The summed E-state index contributed by atoms with van der Waals surface area (Å²) in [5.74, 6) is 0.295. The van der Waals surface area contributed by atoms with Gasteiger partial charge in [0, 0.05) is 25.7 Å². The zero-order valence-electron chi connectivity index (χ0n) is 12.3. The molecule has 3 heterocycles. The summed E-state index contributed by atoms with van der Waals surface area (Å²) in [5, 5.41) is 0.743. The predicted octanol–water partition coefficient (Wildman–Crippen LogP) is 1.19. The molecule has 0 bridgehead atoms. The van der Waals surface area contributed by atoms with Crippen molar-refractivity contribution in [3.8, 4) is 0 Å². The van der Waals surface area contributed by atoms with Crippen LogP contribution in [0, 0.1) is 0 Å². The van der Waals surface area contributed by atoms with E-state index in [1.54, 1.807) is 0 Å². The second-order valence-corrected chi connectivity index (χ2v) is 8.60. The molecule has 0 radical (unpaired) electrons. The van der Waals surface area contributed by atoms with Crippen LogP contribution in [0.1, 0.15) is 26.2 Å². The van der Waals surface area contributed by atoms with E-state index in [-0.39, 0.29) is 16.5 Å². The van der Waals surface area contributed by atoms with Crippen molar-refractivity contribution in [2.45, 2.75) is 37.1 Å². The van der Waals surface area contributed by atoms with Gasteiger partial charge in [0.05, 0.1) is 5.75 Å². The number of nitrogens with zero attached hydrogens (tertiary/aromatic N) is 3. The summed E-state index contributed by atoms with van der Waals surface area (Å²) in [6.45, 7) is 5.77. The Balaban J connectivity index is 1.89. The molecule has 118 valence electrons. The van der Waals surface area contributed by atoms with Crippen LogP contribution in [0.4, 0.5) is 10.8 Å². The van der Waals surface area contributed by atoms with Crippen LogP contribution < -0.4 is 10.6 Å². The lowest BCUT2D eigenvalue weighted by atomic mass is 10.1. The van der Waals surface area contributed by atoms with E-state index in [9.17, 15) is 8.42 Å². The molecule has 2 aliphatic heterocycles. The number of rotatable bonds is 4. The van der Waals surface area contributed by atoms with E-state index in [1.807, 2.05) is 6.92 Å². The molecule has 8 heteroatoms. The van der Waals surface area contributed by atoms with Crippen molar-refractivity contribution in [1.82, 2.24) is 9.27 Å². The van der Waals surface area contributed by atoms with Gasteiger partial charge in [0.2, 0.25) is 0 Å². The van der Waals surface area contributed by atoms with Gasteiger partial charge in [-0.1, -0.05) is 6.92 Å². The lowest BCUT2D eigenvalue weighted by Crippen LogP contribution is -2.50. The zero-order chi connectivity index (χ0) is 15.0. The maximum absolute atomic E-state index is 12.5. The number of nitrogen functional groups attached to an aromatic ring is 1. The molecule has 2 aliphatic rings. The quantitative estimate of drug-likeness (QED) is 0.893. The first-order valence-corrected chi connectivity index (χ1v) is 9.92. The third-order valence-electron chi connectivity index (χ3n) is 4.32. The highest BCUT2D eigenvalue weighted by atomic mass is 32.2. The number of sulfone groups is 1. The predicted molar refractivity (Wildman–Crippen MR) is 85.7 cm³/mol. The first-order valence-electron chi connectivity index (χ1n) is 7.50. The van der Waals surface area contributed by atoms with Gasteiger partial charge in [-0.2, -0.15) is 4.37 Å². The van der Waals surface area contributed by atoms with Crippen LogP contribution in [0.3, 0.4) is 0 Å². The minimum absolute atomic E-state index is 0.131. The van der Waals surface area contributed by atoms with Gasteiger partial charge in [-0.05, 0) is 37.3 Å². The number of hydrogen-bond acceptors (Lipinski definition) is 7. The summed E-state index contributed by atoms with van der Waals surface area (Å²) in [4.78, 5) is 4.94. The first kappa shape index (κ1) is 15.1. The molecule has 0 aromatic carbocycles. The van der Waals surface area contributed by atoms with Gasteiger partial charge in [0.25, 0.3) is 0 Å².